The number of piperazine rings is 1. The summed E-state index contributed by atoms with van der Waals surface area (Å²) in [7, 11) is 0. The van der Waals surface area contributed by atoms with Crippen molar-refractivity contribution in [1.29, 1.82) is 0 Å². The van der Waals surface area contributed by atoms with Gasteiger partial charge in [0, 0.05) is 19.6 Å². The molecule has 0 saturated carbocycles. The summed E-state index contributed by atoms with van der Waals surface area (Å²) in [6.07, 6.45) is 0. The minimum atomic E-state index is -0.775. The van der Waals surface area contributed by atoms with Crippen LogP contribution in [-0.2, 0) is 16.1 Å². The third kappa shape index (κ3) is 4.91. The van der Waals surface area contributed by atoms with Crippen LogP contribution in [0.15, 0.2) is 24.3 Å². The first-order valence-corrected chi connectivity index (χ1v) is 8.15. The molecule has 4 amide bonds. The van der Waals surface area contributed by atoms with Gasteiger partial charge >= 0.3 is 6.03 Å². The largest absolute Gasteiger partial charge is 0.352 e. The Morgan fingerprint density at radius 2 is 2.04 bits per heavy atom. The van der Waals surface area contributed by atoms with Crippen molar-refractivity contribution < 1.29 is 18.8 Å². The van der Waals surface area contributed by atoms with Crippen molar-refractivity contribution in [3.05, 3.63) is 35.6 Å². The lowest BCUT2D eigenvalue weighted by Gasteiger charge is -2.36. The summed E-state index contributed by atoms with van der Waals surface area (Å²) in [5.74, 6) is -1.05. The fraction of sp³-hybridized carbons (Fsp3) is 0.471. The molecule has 0 bridgehead atoms. The number of urea groups is 1. The van der Waals surface area contributed by atoms with Crippen molar-refractivity contribution in [2.24, 2.45) is 11.7 Å². The van der Waals surface area contributed by atoms with Crippen LogP contribution >= 0.6 is 0 Å². The minimum Gasteiger partial charge on any atom is -0.352 e. The molecule has 1 fully saturated rings. The Labute approximate surface area is 145 Å². The molecule has 0 radical (unpaired) electrons. The van der Waals surface area contributed by atoms with Crippen LogP contribution in [0.3, 0.4) is 0 Å². The number of benzene rings is 1. The fourth-order valence-corrected chi connectivity index (χ4v) is 2.78. The average molecular weight is 350 g/mol. The van der Waals surface area contributed by atoms with E-state index in [-0.39, 0.29) is 30.1 Å². The summed E-state index contributed by atoms with van der Waals surface area (Å²) in [4.78, 5) is 39.0. The molecule has 1 saturated heterocycles. The summed E-state index contributed by atoms with van der Waals surface area (Å²) >= 11 is 0. The number of nitrogens with two attached hydrogens (primary N) is 1. The van der Waals surface area contributed by atoms with Crippen LogP contribution in [0.1, 0.15) is 19.4 Å². The highest BCUT2D eigenvalue weighted by atomic mass is 19.1. The van der Waals surface area contributed by atoms with E-state index in [2.05, 4.69) is 5.32 Å². The zero-order chi connectivity index (χ0) is 18.6. The monoisotopic (exact) mass is 350 g/mol. The van der Waals surface area contributed by atoms with Crippen molar-refractivity contribution in [3.63, 3.8) is 0 Å². The summed E-state index contributed by atoms with van der Waals surface area (Å²) < 4.78 is 13.3. The van der Waals surface area contributed by atoms with Gasteiger partial charge in [0.25, 0.3) is 0 Å². The number of halogens is 1. The van der Waals surface area contributed by atoms with Crippen LogP contribution in [0.5, 0.6) is 0 Å². The van der Waals surface area contributed by atoms with E-state index in [0.717, 1.165) is 0 Å². The van der Waals surface area contributed by atoms with Crippen molar-refractivity contribution in [2.45, 2.75) is 26.4 Å². The highest BCUT2D eigenvalue weighted by Gasteiger charge is 2.33. The first-order chi connectivity index (χ1) is 11.8. The zero-order valence-electron chi connectivity index (χ0n) is 14.4. The van der Waals surface area contributed by atoms with Gasteiger partial charge in [-0.05, 0) is 23.6 Å². The highest BCUT2D eigenvalue weighted by Crippen LogP contribution is 2.13. The number of amides is 4. The second-order valence-corrected chi connectivity index (χ2v) is 6.44. The van der Waals surface area contributed by atoms with E-state index in [1.54, 1.807) is 30.9 Å². The number of hydrogen-bond acceptors (Lipinski definition) is 3. The van der Waals surface area contributed by atoms with Gasteiger partial charge in [-0.25, -0.2) is 9.18 Å². The van der Waals surface area contributed by atoms with Crippen LogP contribution in [0.25, 0.3) is 0 Å². The highest BCUT2D eigenvalue weighted by molar-refractivity contribution is 5.91. The average Bonchev–Trinajstić information content (AvgIpc) is 2.53. The quantitative estimate of drug-likeness (QED) is 0.818. The van der Waals surface area contributed by atoms with Crippen LogP contribution in [0, 0.1) is 11.7 Å². The van der Waals surface area contributed by atoms with Gasteiger partial charge in [-0.1, -0.05) is 26.0 Å². The normalized spacial score (nSPS) is 16.1. The van der Waals surface area contributed by atoms with Crippen molar-refractivity contribution in [3.8, 4) is 0 Å². The lowest BCUT2D eigenvalue weighted by atomic mass is 10.0. The molecule has 0 aliphatic carbocycles. The Morgan fingerprint density at radius 1 is 1.32 bits per heavy atom. The number of carbonyl (C=O) groups is 3. The maximum absolute atomic E-state index is 13.3. The molecule has 0 spiro atoms. The minimum absolute atomic E-state index is 0.0716. The standard InChI is InChI=1S/C17H23FN4O3/c1-11(2)15(20-17(19)25)16(24)22-7-6-21(14(23)10-22)9-12-4-3-5-13(18)8-12/h3-5,8,11,15H,6-7,9-10H2,1-2H3,(H3,19,20,25). The second kappa shape index (κ2) is 7.96. The van der Waals surface area contributed by atoms with Crippen LogP contribution < -0.4 is 11.1 Å². The molecule has 2 rings (SSSR count). The van der Waals surface area contributed by atoms with E-state index < -0.39 is 12.1 Å². The van der Waals surface area contributed by atoms with Gasteiger partial charge in [-0.3, -0.25) is 9.59 Å². The van der Waals surface area contributed by atoms with Gasteiger partial charge < -0.3 is 20.9 Å². The van der Waals surface area contributed by atoms with E-state index in [1.165, 1.54) is 17.0 Å². The van der Waals surface area contributed by atoms with Crippen LogP contribution in [-0.4, -0.2) is 53.3 Å². The Bertz CT molecular complexity index is 665. The Hall–Kier alpha value is -2.64. The summed E-state index contributed by atoms with van der Waals surface area (Å²) in [5.41, 5.74) is 5.82. The Morgan fingerprint density at radius 3 is 2.60 bits per heavy atom. The topological polar surface area (TPSA) is 95.7 Å². The summed E-state index contributed by atoms with van der Waals surface area (Å²) in [5, 5.41) is 2.43. The Balaban J connectivity index is 1.99. The molecule has 0 aromatic heterocycles. The van der Waals surface area contributed by atoms with E-state index in [9.17, 15) is 18.8 Å². The molecular formula is C17H23FN4O3. The number of hydrogen-bond donors (Lipinski definition) is 2. The molecule has 25 heavy (non-hydrogen) atoms. The fourth-order valence-electron chi connectivity index (χ4n) is 2.78. The van der Waals surface area contributed by atoms with E-state index in [4.69, 9.17) is 5.73 Å². The number of primary amides is 1. The predicted octanol–water partition coefficient (Wildman–Crippen LogP) is 0.689. The van der Waals surface area contributed by atoms with Gasteiger partial charge in [0.2, 0.25) is 11.8 Å². The van der Waals surface area contributed by atoms with Crippen molar-refractivity contribution in [2.75, 3.05) is 19.6 Å². The van der Waals surface area contributed by atoms with E-state index in [0.29, 0.717) is 25.2 Å². The SMILES string of the molecule is CC(C)C(NC(N)=O)C(=O)N1CCN(Cc2cccc(F)c2)C(=O)C1. The number of rotatable bonds is 5. The Kier molecular flexibility index (Phi) is 5.95. The molecule has 1 aliphatic heterocycles. The van der Waals surface area contributed by atoms with E-state index in [1.807, 2.05) is 0 Å². The van der Waals surface area contributed by atoms with Gasteiger partial charge in [-0.15, -0.1) is 0 Å². The lowest BCUT2D eigenvalue weighted by molar-refractivity contribution is -0.147. The van der Waals surface area contributed by atoms with Crippen molar-refractivity contribution in [1.82, 2.24) is 15.1 Å². The second-order valence-electron chi connectivity index (χ2n) is 6.44. The van der Waals surface area contributed by atoms with Gasteiger partial charge in [0.05, 0.1) is 6.54 Å². The third-order valence-corrected chi connectivity index (χ3v) is 4.12. The molecular weight excluding hydrogens is 327 g/mol. The molecule has 3 N–H and O–H groups in total. The zero-order valence-corrected chi connectivity index (χ0v) is 14.4. The van der Waals surface area contributed by atoms with Gasteiger partial charge in [-0.2, -0.15) is 0 Å². The van der Waals surface area contributed by atoms with Crippen LogP contribution in [0.2, 0.25) is 0 Å². The lowest BCUT2D eigenvalue weighted by Crippen LogP contribution is -2.58. The first kappa shape index (κ1) is 18.7. The molecule has 7 nitrogen and oxygen atoms in total. The first-order valence-electron chi connectivity index (χ1n) is 8.15. The molecule has 1 heterocycles. The molecule has 8 heteroatoms. The molecule has 136 valence electrons. The maximum atomic E-state index is 13.3. The van der Waals surface area contributed by atoms with E-state index >= 15 is 0 Å². The number of carbonyl (C=O) groups excluding carboxylic acids is 3. The predicted molar refractivity (Wildman–Crippen MR) is 89.7 cm³/mol. The maximum Gasteiger partial charge on any atom is 0.312 e. The molecule has 1 aliphatic rings. The van der Waals surface area contributed by atoms with Crippen molar-refractivity contribution >= 4 is 17.8 Å². The molecule has 1 atom stereocenters. The molecule has 1 aromatic carbocycles. The smallest absolute Gasteiger partial charge is 0.312 e. The summed E-state index contributed by atoms with van der Waals surface area (Å²) in [6, 6.07) is 4.54. The molecule has 1 aromatic rings. The number of nitrogens with zero attached hydrogens (tertiary/aromatic N) is 2. The number of nitrogens with one attached hydrogen (secondary N) is 1. The third-order valence-electron chi connectivity index (χ3n) is 4.12. The van der Waals surface area contributed by atoms with Gasteiger partial charge in [0.1, 0.15) is 11.9 Å². The van der Waals surface area contributed by atoms with Crippen LogP contribution in [0.4, 0.5) is 9.18 Å². The molecule has 1 unspecified atom stereocenters. The summed E-state index contributed by atoms with van der Waals surface area (Å²) in [6.45, 7) is 4.51. The van der Waals surface area contributed by atoms with Gasteiger partial charge in [0.15, 0.2) is 0 Å².